The third-order valence-corrected chi connectivity index (χ3v) is 8.39. The number of anilines is 3. The molecule has 0 bridgehead atoms. The number of benzene rings is 2. The summed E-state index contributed by atoms with van der Waals surface area (Å²) in [7, 11) is 0. The topological polar surface area (TPSA) is 118 Å². The van der Waals surface area contributed by atoms with E-state index in [4.69, 9.17) is 9.15 Å². The minimum atomic E-state index is -4.64. The first-order valence-electron chi connectivity index (χ1n) is 12.9. The molecule has 41 heavy (non-hydrogen) atoms. The van der Waals surface area contributed by atoms with Crippen molar-refractivity contribution in [1.82, 2.24) is 15.2 Å². The van der Waals surface area contributed by atoms with Gasteiger partial charge in [0.25, 0.3) is 11.8 Å². The fourth-order valence-electron chi connectivity index (χ4n) is 5.23. The Labute approximate surface area is 235 Å². The number of fused-ring (bicyclic) bond motifs is 2. The van der Waals surface area contributed by atoms with Gasteiger partial charge in [0.15, 0.2) is 5.69 Å². The molecule has 4 aromatic rings. The van der Waals surface area contributed by atoms with Gasteiger partial charge >= 0.3 is 12.2 Å². The third kappa shape index (κ3) is 4.62. The highest BCUT2D eigenvalue weighted by Gasteiger charge is 2.55. The lowest BCUT2D eigenvalue weighted by atomic mass is 10.0. The van der Waals surface area contributed by atoms with Crippen LogP contribution in [-0.2, 0) is 15.7 Å². The number of morpholine rings is 1. The maximum atomic E-state index is 13.7. The van der Waals surface area contributed by atoms with Gasteiger partial charge in [-0.15, -0.1) is 5.10 Å². The predicted octanol–water partition coefficient (Wildman–Crippen LogP) is 4.66. The van der Waals surface area contributed by atoms with E-state index in [1.807, 2.05) is 54.3 Å². The van der Waals surface area contributed by atoms with E-state index in [0.29, 0.717) is 40.9 Å². The van der Waals surface area contributed by atoms with Crippen molar-refractivity contribution in [2.75, 3.05) is 28.7 Å². The summed E-state index contributed by atoms with van der Waals surface area (Å²) >= 11 is 0.539. The average Bonchev–Trinajstić information content (AvgIpc) is 3.28. The molecule has 2 aromatic carbocycles. The number of rotatable bonds is 5. The molecular weight excluding hydrogens is 559 g/mol. The lowest BCUT2D eigenvalue weighted by Gasteiger charge is -2.27. The zero-order chi connectivity index (χ0) is 28.3. The van der Waals surface area contributed by atoms with Gasteiger partial charge in [0.1, 0.15) is 5.00 Å². The zero-order valence-corrected chi connectivity index (χ0v) is 22.2. The number of aliphatic imine (C=N–C) groups is 1. The molecule has 10 nitrogen and oxygen atoms in total. The number of hydrogen-bond donors (Lipinski definition) is 2. The van der Waals surface area contributed by atoms with Crippen molar-refractivity contribution in [3.63, 3.8) is 0 Å². The van der Waals surface area contributed by atoms with Crippen LogP contribution in [0, 0.1) is 5.92 Å². The summed E-state index contributed by atoms with van der Waals surface area (Å²) in [6.45, 7) is 2.80. The molecular formula is C27H22F3N7O3S. The molecule has 1 amide bonds. The fraction of sp³-hybridized carbons (Fsp3) is 0.296. The highest BCUT2D eigenvalue weighted by atomic mass is 32.1. The molecule has 1 saturated carbocycles. The second-order valence-corrected chi connectivity index (χ2v) is 10.9. The van der Waals surface area contributed by atoms with Gasteiger partial charge in [0.2, 0.25) is 11.2 Å². The average molecular weight is 582 g/mol. The third-order valence-electron chi connectivity index (χ3n) is 7.25. The van der Waals surface area contributed by atoms with E-state index in [1.54, 1.807) is 12.1 Å². The van der Waals surface area contributed by atoms with Crippen molar-refractivity contribution >= 4 is 39.7 Å². The molecule has 2 aliphatic heterocycles. The number of nitrogens with zero attached hydrogens (tertiary/aromatic N) is 5. The lowest BCUT2D eigenvalue weighted by Crippen LogP contribution is -2.36. The SMILES string of the molecule is C[C@H]1[C@H]2OCCN(c3sc(C(F)(F)F)nc3-c3nnc(N[C@H]4N=C(c5ccccc5)c5ccccc5NC4=O)o3)[C@@H]12. The van der Waals surface area contributed by atoms with Crippen molar-refractivity contribution in [2.24, 2.45) is 10.9 Å². The second-order valence-electron chi connectivity index (χ2n) is 9.89. The summed E-state index contributed by atoms with van der Waals surface area (Å²) in [5.41, 5.74) is 2.61. The van der Waals surface area contributed by atoms with Gasteiger partial charge in [-0.1, -0.05) is 71.9 Å². The van der Waals surface area contributed by atoms with Crippen LogP contribution in [0.15, 0.2) is 64.0 Å². The number of nitrogens with one attached hydrogen (secondary N) is 2. The van der Waals surface area contributed by atoms with Gasteiger partial charge in [-0.25, -0.2) is 9.98 Å². The van der Waals surface area contributed by atoms with Gasteiger partial charge in [0, 0.05) is 23.6 Å². The van der Waals surface area contributed by atoms with Crippen LogP contribution in [0.1, 0.15) is 23.1 Å². The Morgan fingerprint density at radius 1 is 1.10 bits per heavy atom. The van der Waals surface area contributed by atoms with Crippen LogP contribution >= 0.6 is 11.3 Å². The molecule has 210 valence electrons. The van der Waals surface area contributed by atoms with Gasteiger partial charge in [-0.3, -0.25) is 4.79 Å². The first kappa shape index (κ1) is 25.7. The van der Waals surface area contributed by atoms with Gasteiger partial charge in [-0.05, 0) is 6.07 Å². The second kappa shape index (κ2) is 9.66. The molecule has 4 atom stereocenters. The normalized spacial score (nSPS) is 23.7. The number of hydrogen-bond acceptors (Lipinski definition) is 10. The maximum Gasteiger partial charge on any atom is 0.443 e. The number of halogens is 3. The molecule has 7 rings (SSSR count). The first-order chi connectivity index (χ1) is 19.8. The Hall–Kier alpha value is -4.30. The molecule has 0 radical (unpaired) electrons. The van der Waals surface area contributed by atoms with Crippen LogP contribution in [0.4, 0.5) is 29.9 Å². The predicted molar refractivity (Wildman–Crippen MR) is 145 cm³/mol. The Kier molecular flexibility index (Phi) is 6.05. The number of thiazole rings is 1. The smallest absolute Gasteiger partial charge is 0.402 e. The Morgan fingerprint density at radius 3 is 2.68 bits per heavy atom. The number of ether oxygens (including phenoxy) is 1. The summed E-state index contributed by atoms with van der Waals surface area (Å²) in [5, 5.41) is 12.9. The summed E-state index contributed by atoms with van der Waals surface area (Å²) in [6, 6.07) is 16.4. The summed E-state index contributed by atoms with van der Waals surface area (Å²) in [6.07, 6.45) is -5.85. The van der Waals surface area contributed by atoms with E-state index in [0.717, 1.165) is 11.1 Å². The number of benzodiazepines with no additional fused rings is 1. The Bertz CT molecular complexity index is 1650. The summed E-state index contributed by atoms with van der Waals surface area (Å²) in [4.78, 5) is 23.6. The molecule has 2 aromatic heterocycles. The van der Waals surface area contributed by atoms with Crippen molar-refractivity contribution in [1.29, 1.82) is 0 Å². The highest BCUT2D eigenvalue weighted by Crippen LogP contribution is 2.49. The fourth-order valence-corrected chi connectivity index (χ4v) is 6.23. The standard InChI is InChI=1S/C27H22F3N7O3S/c1-13-19-20(13)39-12-11-37(19)24-18(33-25(41-24)27(28,29)30)23-35-36-26(40-23)34-21-22(38)31-16-10-6-5-9-15(16)17(32-21)14-7-3-2-4-8-14/h2-10,13,19-21H,11-12H2,1H3,(H,31,38)(H,34,36)/t13-,19+,20-,21-/m1/s1. The minimum Gasteiger partial charge on any atom is -0.402 e. The van der Waals surface area contributed by atoms with Crippen LogP contribution in [0.3, 0.4) is 0 Å². The quantitative estimate of drug-likeness (QED) is 0.350. The number of aromatic nitrogens is 3. The molecule has 2 N–H and O–H groups in total. The number of para-hydroxylation sites is 1. The van der Waals surface area contributed by atoms with Crippen LogP contribution < -0.4 is 15.5 Å². The minimum absolute atomic E-state index is 0.0394. The Balaban J connectivity index is 1.22. The number of carbonyl (C=O) groups excluding carboxylic acids is 1. The number of amides is 1. The monoisotopic (exact) mass is 581 g/mol. The van der Waals surface area contributed by atoms with Gasteiger partial charge in [0.05, 0.1) is 30.2 Å². The molecule has 4 heterocycles. The van der Waals surface area contributed by atoms with Gasteiger partial charge < -0.3 is 24.7 Å². The lowest BCUT2D eigenvalue weighted by molar-refractivity contribution is -0.137. The van der Waals surface area contributed by atoms with Gasteiger partial charge in [-0.2, -0.15) is 13.2 Å². The number of alkyl halides is 3. The van der Waals surface area contributed by atoms with E-state index in [1.165, 1.54) is 0 Å². The zero-order valence-electron chi connectivity index (χ0n) is 21.4. The van der Waals surface area contributed by atoms with Crippen LogP contribution in [-0.4, -0.2) is 58.3 Å². The molecule has 1 aliphatic carbocycles. The van der Waals surface area contributed by atoms with Crippen molar-refractivity contribution in [3.05, 3.63) is 70.7 Å². The maximum absolute atomic E-state index is 13.7. The number of carbonyl (C=O) groups is 1. The first-order valence-corrected chi connectivity index (χ1v) is 13.7. The van der Waals surface area contributed by atoms with Crippen molar-refractivity contribution in [3.8, 4) is 11.6 Å². The largest absolute Gasteiger partial charge is 0.443 e. The van der Waals surface area contributed by atoms with Crippen LogP contribution in [0.5, 0.6) is 0 Å². The Morgan fingerprint density at radius 2 is 1.88 bits per heavy atom. The van der Waals surface area contributed by atoms with E-state index >= 15 is 0 Å². The summed E-state index contributed by atoms with van der Waals surface area (Å²) in [5.74, 6) is -0.495. The van der Waals surface area contributed by atoms with Crippen molar-refractivity contribution < 1.29 is 27.1 Å². The molecule has 3 aliphatic rings. The van der Waals surface area contributed by atoms with E-state index in [-0.39, 0.29) is 35.7 Å². The summed E-state index contributed by atoms with van der Waals surface area (Å²) < 4.78 is 52.6. The van der Waals surface area contributed by atoms with E-state index in [2.05, 4.69) is 30.8 Å². The molecule has 14 heteroatoms. The molecule has 0 unspecified atom stereocenters. The van der Waals surface area contributed by atoms with Crippen LogP contribution in [0.2, 0.25) is 0 Å². The molecule has 1 saturated heterocycles. The van der Waals surface area contributed by atoms with E-state index < -0.39 is 23.3 Å². The molecule has 2 fully saturated rings. The molecule has 0 spiro atoms. The van der Waals surface area contributed by atoms with Crippen molar-refractivity contribution in [2.45, 2.75) is 31.4 Å². The van der Waals surface area contributed by atoms with Crippen LogP contribution in [0.25, 0.3) is 11.6 Å². The highest BCUT2D eigenvalue weighted by molar-refractivity contribution is 7.16. The van der Waals surface area contributed by atoms with E-state index in [9.17, 15) is 18.0 Å².